The van der Waals surface area contributed by atoms with E-state index in [1.807, 2.05) is 33.3 Å². The molecular formula is C58H109N2O7P. The molecule has 0 fully saturated rings. The number of hydrogen-bond donors (Lipinski definition) is 1. The van der Waals surface area contributed by atoms with Crippen LogP contribution in [0.25, 0.3) is 0 Å². The molecule has 9 nitrogen and oxygen atoms in total. The van der Waals surface area contributed by atoms with E-state index in [9.17, 15) is 19.0 Å². The smallest absolute Gasteiger partial charge is 0.306 e. The summed E-state index contributed by atoms with van der Waals surface area (Å²) in [6, 6.07) is -0.896. The van der Waals surface area contributed by atoms with Crippen molar-refractivity contribution in [3.8, 4) is 0 Å². The number of ether oxygens (including phenoxy) is 1. The van der Waals surface area contributed by atoms with Gasteiger partial charge in [-0.15, -0.1) is 0 Å². The highest BCUT2D eigenvalue weighted by molar-refractivity contribution is 7.45. The Kier molecular flexibility index (Phi) is 47.1. The Morgan fingerprint density at radius 1 is 0.529 bits per heavy atom. The van der Waals surface area contributed by atoms with Crippen LogP contribution in [0.5, 0.6) is 0 Å². The molecule has 0 aliphatic rings. The summed E-state index contributed by atoms with van der Waals surface area (Å²) >= 11 is 0. The molecule has 0 aliphatic heterocycles. The molecule has 0 aromatic carbocycles. The Morgan fingerprint density at radius 3 is 1.41 bits per heavy atom. The van der Waals surface area contributed by atoms with E-state index in [0.29, 0.717) is 23.9 Å². The van der Waals surface area contributed by atoms with Crippen molar-refractivity contribution < 1.29 is 37.3 Å². The third-order valence-corrected chi connectivity index (χ3v) is 13.5. The number of phosphoric ester groups is 1. The molecule has 0 saturated heterocycles. The minimum Gasteiger partial charge on any atom is -0.756 e. The largest absolute Gasteiger partial charge is 0.756 e. The SMILES string of the molecule is CC/C=C/C/C=C/C/C=C/CCCCCCC(=O)NC(COP(=O)([O-])OCC[N+](C)(C)C)C(/C=C/CCCCCCCCCCC)OC(=O)CCCCCCCCCCCCCCCCCCC. The monoisotopic (exact) mass is 977 g/mol. The van der Waals surface area contributed by atoms with Crippen LogP contribution in [0.15, 0.2) is 48.6 Å². The Balaban J connectivity index is 5.32. The summed E-state index contributed by atoms with van der Waals surface area (Å²) in [5.74, 6) is -0.561. The minimum atomic E-state index is -4.69. The van der Waals surface area contributed by atoms with Gasteiger partial charge in [-0.25, -0.2) is 0 Å². The average molecular weight is 977 g/mol. The number of likely N-dealkylation sites (N-methyl/N-ethyl adjacent to an activating group) is 1. The number of amides is 1. The number of hydrogen-bond acceptors (Lipinski definition) is 7. The highest BCUT2D eigenvalue weighted by atomic mass is 31.2. The van der Waals surface area contributed by atoms with Crippen molar-refractivity contribution in [1.29, 1.82) is 0 Å². The van der Waals surface area contributed by atoms with Gasteiger partial charge in [0, 0.05) is 12.8 Å². The molecule has 0 aromatic heterocycles. The van der Waals surface area contributed by atoms with Crippen LogP contribution >= 0.6 is 7.82 Å². The fraction of sp³-hybridized carbons (Fsp3) is 0.828. The number of nitrogens with one attached hydrogen (secondary N) is 1. The van der Waals surface area contributed by atoms with Crippen molar-refractivity contribution in [2.45, 2.75) is 270 Å². The lowest BCUT2D eigenvalue weighted by atomic mass is 10.0. The second-order valence-corrected chi connectivity index (χ2v) is 21.8. The molecule has 0 aliphatic carbocycles. The number of allylic oxidation sites excluding steroid dienone is 7. The number of carbonyl (C=O) groups excluding carboxylic acids is 2. The van der Waals surface area contributed by atoms with Crippen LogP contribution in [0.1, 0.15) is 258 Å². The van der Waals surface area contributed by atoms with Crippen molar-refractivity contribution in [3.63, 3.8) is 0 Å². The van der Waals surface area contributed by atoms with E-state index in [1.54, 1.807) is 0 Å². The van der Waals surface area contributed by atoms with E-state index in [1.165, 1.54) is 135 Å². The van der Waals surface area contributed by atoms with Crippen LogP contribution in [0, 0.1) is 0 Å². The molecule has 0 rings (SSSR count). The first-order valence-corrected chi connectivity index (χ1v) is 29.9. The number of nitrogens with zero attached hydrogens (tertiary/aromatic N) is 1. The quantitative estimate of drug-likeness (QED) is 0.0212. The summed E-state index contributed by atoms with van der Waals surface area (Å²) in [7, 11) is 1.17. The van der Waals surface area contributed by atoms with Gasteiger partial charge in [-0.3, -0.25) is 14.2 Å². The van der Waals surface area contributed by atoms with Crippen LogP contribution in [0.3, 0.4) is 0 Å². The molecule has 0 spiro atoms. The number of rotatable bonds is 51. The Hall–Kier alpha value is -2.03. The molecule has 0 heterocycles. The number of esters is 1. The number of carbonyl (C=O) groups is 2. The van der Waals surface area contributed by atoms with E-state index < -0.39 is 26.6 Å². The maximum absolute atomic E-state index is 13.4. The molecule has 1 N–H and O–H groups in total. The van der Waals surface area contributed by atoms with Gasteiger partial charge in [-0.05, 0) is 63.9 Å². The summed E-state index contributed by atoms with van der Waals surface area (Å²) in [6.45, 7) is 6.71. The second kappa shape index (κ2) is 48.6. The maximum Gasteiger partial charge on any atom is 0.306 e. The van der Waals surface area contributed by atoms with Gasteiger partial charge < -0.3 is 28.5 Å². The molecule has 398 valence electrons. The zero-order valence-electron chi connectivity index (χ0n) is 45.3. The van der Waals surface area contributed by atoms with Gasteiger partial charge in [-0.2, -0.15) is 0 Å². The summed E-state index contributed by atoms with van der Waals surface area (Å²) in [5, 5.41) is 3.00. The number of phosphoric acid groups is 1. The van der Waals surface area contributed by atoms with Crippen molar-refractivity contribution >= 4 is 19.7 Å². The van der Waals surface area contributed by atoms with Crippen molar-refractivity contribution in [3.05, 3.63) is 48.6 Å². The summed E-state index contributed by atoms with van der Waals surface area (Å²) in [4.78, 5) is 39.8. The maximum atomic E-state index is 13.4. The van der Waals surface area contributed by atoms with Crippen molar-refractivity contribution in [2.24, 2.45) is 0 Å². The third kappa shape index (κ3) is 49.0. The first-order chi connectivity index (χ1) is 32.9. The molecule has 10 heteroatoms. The molecule has 1 amide bonds. The van der Waals surface area contributed by atoms with Crippen LogP contribution in [0.2, 0.25) is 0 Å². The van der Waals surface area contributed by atoms with Gasteiger partial charge in [0.2, 0.25) is 5.91 Å². The Morgan fingerprint density at radius 2 is 0.941 bits per heavy atom. The van der Waals surface area contributed by atoms with Crippen LogP contribution < -0.4 is 10.2 Å². The molecule has 0 radical (unpaired) electrons. The molecule has 68 heavy (non-hydrogen) atoms. The fourth-order valence-corrected chi connectivity index (χ4v) is 8.85. The highest BCUT2D eigenvalue weighted by Gasteiger charge is 2.27. The van der Waals surface area contributed by atoms with Crippen molar-refractivity contribution in [1.82, 2.24) is 5.32 Å². The van der Waals surface area contributed by atoms with Gasteiger partial charge in [-0.1, -0.05) is 230 Å². The normalized spacial score (nSPS) is 14.2. The first kappa shape index (κ1) is 66.0. The van der Waals surface area contributed by atoms with E-state index in [0.717, 1.165) is 83.5 Å². The second-order valence-electron chi connectivity index (χ2n) is 20.4. The van der Waals surface area contributed by atoms with Gasteiger partial charge >= 0.3 is 5.97 Å². The fourth-order valence-electron chi connectivity index (χ4n) is 8.12. The lowest BCUT2D eigenvalue weighted by Gasteiger charge is -2.30. The average Bonchev–Trinajstić information content (AvgIpc) is 3.29. The van der Waals surface area contributed by atoms with Gasteiger partial charge in [0.1, 0.15) is 19.3 Å². The zero-order chi connectivity index (χ0) is 50.1. The molecular weight excluding hydrogens is 868 g/mol. The highest BCUT2D eigenvalue weighted by Crippen LogP contribution is 2.38. The zero-order valence-corrected chi connectivity index (χ0v) is 46.2. The van der Waals surface area contributed by atoms with Crippen molar-refractivity contribution in [2.75, 3.05) is 40.9 Å². The van der Waals surface area contributed by atoms with Gasteiger partial charge in [0.25, 0.3) is 7.82 Å². The van der Waals surface area contributed by atoms with E-state index in [2.05, 4.69) is 62.5 Å². The first-order valence-electron chi connectivity index (χ1n) is 28.4. The van der Waals surface area contributed by atoms with Gasteiger partial charge in [0.05, 0.1) is 33.8 Å². The number of quaternary nitrogens is 1. The lowest BCUT2D eigenvalue weighted by molar-refractivity contribution is -0.870. The van der Waals surface area contributed by atoms with Crippen LogP contribution in [-0.4, -0.2) is 69.4 Å². The van der Waals surface area contributed by atoms with E-state index >= 15 is 0 Å². The van der Waals surface area contributed by atoms with E-state index in [4.69, 9.17) is 13.8 Å². The summed E-state index contributed by atoms with van der Waals surface area (Å²) in [6.07, 6.45) is 57.9. The predicted octanol–water partition coefficient (Wildman–Crippen LogP) is 16.3. The molecule has 0 bridgehead atoms. The van der Waals surface area contributed by atoms with E-state index in [-0.39, 0.29) is 24.9 Å². The lowest BCUT2D eigenvalue weighted by Crippen LogP contribution is -2.47. The van der Waals surface area contributed by atoms with Crippen LogP contribution in [0.4, 0.5) is 0 Å². The van der Waals surface area contributed by atoms with Crippen LogP contribution in [-0.2, 0) is 27.9 Å². The topological polar surface area (TPSA) is 114 Å². The molecule has 3 atom stereocenters. The standard InChI is InChI=1S/C58H109N2O7P/c1-7-10-13-16-19-22-25-27-29-30-31-33-36-39-42-45-48-51-58(62)67-56(49-46-43-40-37-34-24-21-18-15-12-9-3)55(54-66-68(63,64)65-53-52-60(4,5)6)59-57(61)50-47-44-41-38-35-32-28-26-23-20-17-14-11-8-2/h11,14,20,23,28,32,46,49,55-56H,7-10,12-13,15-19,21-22,24-27,29-31,33-45,47-48,50-54H2,1-6H3,(H-,59,61,63,64)/b14-11+,23-20+,32-28+,49-46+. The van der Waals surface area contributed by atoms with Gasteiger partial charge in [0.15, 0.2) is 0 Å². The predicted molar refractivity (Wildman–Crippen MR) is 289 cm³/mol. The number of unbranched alkanes of at least 4 members (excludes halogenated alkanes) is 29. The molecule has 0 aromatic rings. The molecule has 3 unspecified atom stereocenters. The summed E-state index contributed by atoms with van der Waals surface area (Å²) < 4.78 is 30.2. The minimum absolute atomic E-state index is 0.0263. The molecule has 0 saturated carbocycles. The Bertz CT molecular complexity index is 1310. The third-order valence-electron chi connectivity index (χ3n) is 12.5. The Labute approximate surface area is 420 Å². The summed E-state index contributed by atoms with van der Waals surface area (Å²) in [5.41, 5.74) is 0.